The Morgan fingerprint density at radius 1 is 1.10 bits per heavy atom. The molecule has 52 heavy (non-hydrogen) atoms. The number of urea groups is 1. The molecule has 5 aliphatic heterocycles. The molecule has 5 aliphatic rings. The number of carbonyl (C=O) groups excluding carboxylic acids is 1. The van der Waals surface area contributed by atoms with E-state index in [0.29, 0.717) is 17.3 Å². The maximum absolute atomic E-state index is 12.6. The van der Waals surface area contributed by atoms with Gasteiger partial charge >= 0.3 is 129 Å². The van der Waals surface area contributed by atoms with Crippen LogP contribution in [0.1, 0.15) is 31.4 Å². The third-order valence-corrected chi connectivity index (χ3v) is 13.2. The first-order valence-electron chi connectivity index (χ1n) is 15.4. The first-order chi connectivity index (χ1) is 24.1. The van der Waals surface area contributed by atoms with E-state index >= 15 is 0 Å². The van der Waals surface area contributed by atoms with Gasteiger partial charge in [0.05, 0.1) is 19.8 Å². The van der Waals surface area contributed by atoms with Crippen LogP contribution in [-0.2, 0) is 109 Å². The molecule has 6 heterocycles. The van der Waals surface area contributed by atoms with Gasteiger partial charge in [0.25, 0.3) is 0 Å². The van der Waals surface area contributed by atoms with Crippen molar-refractivity contribution in [3.05, 3.63) is 11.9 Å². The van der Waals surface area contributed by atoms with E-state index in [1.807, 2.05) is 11.8 Å². The zero-order valence-electron chi connectivity index (χ0n) is 27.0. The fourth-order valence-electron chi connectivity index (χ4n) is 5.66. The van der Waals surface area contributed by atoms with Crippen LogP contribution in [0, 0.1) is 0 Å². The number of rotatable bonds is 10. The van der Waals surface area contributed by atoms with E-state index in [4.69, 9.17) is 52.3 Å². The molecule has 2 amide bonds. The summed E-state index contributed by atoms with van der Waals surface area (Å²) >= 11 is 3.45. The second-order valence-electron chi connectivity index (χ2n) is 11.7. The SMILES string of the molecule is O=C1N[C@H]2[C@H](CS[C@H]2CCCC[C-]=[W])N1.[B][C@@H]1O[C@@H]2COP(=O)(O)OC3[C@@H](COP(=O)(O)OC2[C@@H]1O)O[C@@H]([B])[C@H]3OP(=O)(O)OCc1c[n-]nn1.[Y]. The minimum atomic E-state index is -5.01. The summed E-state index contributed by atoms with van der Waals surface area (Å²) in [5, 5.41) is 26.9. The van der Waals surface area contributed by atoms with Crippen molar-refractivity contribution in [1.29, 1.82) is 0 Å². The van der Waals surface area contributed by atoms with E-state index in [9.17, 15) is 38.3 Å². The molecule has 0 aliphatic carbocycles. The number of aliphatic hydroxyl groups is 1. The van der Waals surface area contributed by atoms with Gasteiger partial charge in [-0.2, -0.15) is 0 Å². The topological polar surface area (TPSA) is 287 Å². The number of nitrogens with one attached hydrogen (secondary N) is 2. The first-order valence-corrected chi connectivity index (χ1v) is 22.4. The van der Waals surface area contributed by atoms with Gasteiger partial charge in [0.1, 0.15) is 52.3 Å². The van der Waals surface area contributed by atoms with Gasteiger partial charge in [0, 0.05) is 44.7 Å². The van der Waals surface area contributed by atoms with Gasteiger partial charge < -0.3 is 39.5 Å². The summed E-state index contributed by atoms with van der Waals surface area (Å²) in [6, 6.07) is -2.17. The quantitative estimate of drug-likeness (QED) is 0.0513. The normalized spacial score (nSPS) is 41.2. The number of ether oxygens (including phenoxy) is 2. The van der Waals surface area contributed by atoms with Crippen LogP contribution < -0.4 is 15.7 Å². The third-order valence-electron chi connectivity index (χ3n) is 8.05. The zero-order chi connectivity index (χ0) is 37.0. The molecule has 1 aromatic heterocycles. The number of thioether (sulfide) groups is 1. The fraction of sp³-hybridized carbons (Fsp3) is 0.826. The molecule has 6 N–H and O–H groups in total. The van der Waals surface area contributed by atoms with Crippen molar-refractivity contribution in [2.45, 2.75) is 98.3 Å². The van der Waals surface area contributed by atoms with Crippen LogP contribution in [0.4, 0.5) is 4.79 Å². The summed E-state index contributed by atoms with van der Waals surface area (Å²) in [5.41, 5.74) is 0.0950. The average molecular weight is 1060 g/mol. The summed E-state index contributed by atoms with van der Waals surface area (Å²) in [4.78, 5) is 41.5. The van der Waals surface area contributed by atoms with E-state index in [-0.39, 0.29) is 44.4 Å². The monoisotopic (exact) mass is 1060 g/mol. The third kappa shape index (κ3) is 12.6. The molecule has 6 rings (SSSR count). The van der Waals surface area contributed by atoms with Crippen LogP contribution >= 0.6 is 35.2 Å². The number of fused-ring (bicyclic) bond motifs is 3. The van der Waals surface area contributed by atoms with Crippen LogP contribution in [0.25, 0.3) is 0 Å². The van der Waals surface area contributed by atoms with Crippen molar-refractivity contribution in [2.75, 3.05) is 19.0 Å². The van der Waals surface area contributed by atoms with Crippen molar-refractivity contribution >= 4 is 61.4 Å². The predicted molar refractivity (Wildman–Crippen MR) is 170 cm³/mol. The Bertz CT molecular complexity index is 1500. The number of amides is 2. The van der Waals surface area contributed by atoms with E-state index < -0.39 is 91.9 Å². The van der Waals surface area contributed by atoms with E-state index in [0.717, 1.165) is 18.4 Å². The van der Waals surface area contributed by atoms with Gasteiger partial charge in [-0.1, -0.05) is 6.20 Å². The van der Waals surface area contributed by atoms with Crippen molar-refractivity contribution < 1.29 is 127 Å². The molecule has 0 aromatic carbocycles. The van der Waals surface area contributed by atoms with E-state index in [1.54, 1.807) is 0 Å². The second-order valence-corrected chi connectivity index (χ2v) is 18.2. The summed E-state index contributed by atoms with van der Waals surface area (Å²) in [6.07, 6.45) is -3.55. The summed E-state index contributed by atoms with van der Waals surface area (Å²) < 4.78 is 80.8. The molecule has 0 saturated carbocycles. The van der Waals surface area contributed by atoms with Crippen LogP contribution in [0.2, 0.25) is 0 Å². The Kier molecular flexibility index (Phi) is 17.4. The molecule has 21 nitrogen and oxygen atoms in total. The van der Waals surface area contributed by atoms with Crippen LogP contribution in [0.5, 0.6) is 0 Å². The second kappa shape index (κ2) is 20.0. The van der Waals surface area contributed by atoms with Gasteiger partial charge in [-0.05, 0) is 5.69 Å². The Morgan fingerprint density at radius 2 is 1.75 bits per heavy atom. The number of phosphoric ester groups is 3. The Morgan fingerprint density at radius 3 is 2.40 bits per heavy atom. The Balaban J connectivity index is 0.000000316. The summed E-state index contributed by atoms with van der Waals surface area (Å²) in [7, 11) is -3.50. The number of hydrogen-bond acceptors (Lipinski definition) is 16. The number of unbranched alkanes of at least 4 members (excludes halogenated alkanes) is 2. The smallest absolute Gasteiger partial charge is 0.388 e. The standard InChI is InChI=1S/C13H19B2N3O15P3.C10H15N2OS.W.Y/c14-12-8(19)9-6(29-12)3-27-36(24,25)32-10-7(4-28-35(22,23)31-9)30-13(15)11(10)33-34(20,21)26-2-5-1-16-18-17-5;1-2-3-4-5-8-9-7(6-14-8)11-10(13)12-9;;/h1,6-13,19H,2-4H2,(H3-,16,17,18,20,21,22,23,24,25);7-9H,2-6H2,(H2,11,12,13);;/q2*-1;;/t6-,7-,8+,9?,10?,11+,12-,13-;7-,8-,9-;;/m10../s1. The van der Waals surface area contributed by atoms with Crippen molar-refractivity contribution in [2.24, 2.45) is 0 Å². The number of nitrogens with zero attached hydrogens (tertiary/aromatic N) is 3. The number of hydrogen-bond donors (Lipinski definition) is 6. The molecule has 14 atom stereocenters. The molecule has 0 bridgehead atoms. The van der Waals surface area contributed by atoms with Crippen molar-refractivity contribution in [3.8, 4) is 0 Å². The maximum Gasteiger partial charge on any atom is 0.472 e. The summed E-state index contributed by atoms with van der Waals surface area (Å²) in [5.74, 6) is 1.07. The molecule has 5 unspecified atom stereocenters. The van der Waals surface area contributed by atoms with Crippen molar-refractivity contribution in [3.63, 3.8) is 0 Å². The predicted octanol–water partition coefficient (Wildman–Crippen LogP) is -1.46. The Hall–Kier alpha value is 0.762. The molecule has 285 valence electrons. The van der Waals surface area contributed by atoms with E-state index in [2.05, 4.69) is 30.4 Å². The van der Waals surface area contributed by atoms with Crippen molar-refractivity contribution in [1.82, 2.24) is 26.0 Å². The minimum absolute atomic E-state index is 0. The van der Waals surface area contributed by atoms with Gasteiger partial charge in [0.15, 0.2) is 0 Å². The number of carbonyl (C=O) groups is 1. The molecule has 5 saturated heterocycles. The Labute approximate surface area is 341 Å². The molecule has 0 spiro atoms. The number of phosphoric acid groups is 3. The van der Waals surface area contributed by atoms with Crippen LogP contribution in [0.15, 0.2) is 6.20 Å². The summed E-state index contributed by atoms with van der Waals surface area (Å²) in [6.45, 7) is -2.18. The van der Waals surface area contributed by atoms with Gasteiger partial charge in [-0.3, -0.25) is 32.4 Å². The average Bonchev–Trinajstić information content (AvgIpc) is 3.88. The number of aliphatic hydroxyl groups excluding tert-OH is 1. The van der Waals surface area contributed by atoms with Crippen LogP contribution in [-0.4, -0.2) is 141 Å². The molecule has 1 aromatic rings. The maximum atomic E-state index is 12.6. The fourth-order valence-corrected chi connectivity index (χ4v) is 10.5. The van der Waals surface area contributed by atoms with Gasteiger partial charge in [0.2, 0.25) is 0 Å². The van der Waals surface area contributed by atoms with Crippen LogP contribution in [0.3, 0.4) is 0 Å². The largest absolute Gasteiger partial charge is 0.472 e. The molecule has 5 radical (unpaired) electrons. The molecular weight excluding hydrogens is 1020 g/mol. The minimum Gasteiger partial charge on any atom is -0.388 e. The molecular formula is C23H34B2N5O16P3SWY-2. The molecule has 5 fully saturated rings. The zero-order valence-corrected chi connectivity index (χ0v) is 36.3. The first kappa shape index (κ1) is 45.5. The number of aromatic nitrogens is 3. The van der Waals surface area contributed by atoms with Gasteiger partial charge in [-0.15, -0.1) is 0 Å². The van der Waals surface area contributed by atoms with E-state index in [1.165, 1.54) is 38.6 Å². The van der Waals surface area contributed by atoms with Gasteiger partial charge in [-0.25, -0.2) is 13.7 Å². The molecule has 29 heteroatoms.